The summed E-state index contributed by atoms with van der Waals surface area (Å²) in [5.41, 5.74) is 0.706. The molecule has 0 atom stereocenters. The maximum absolute atomic E-state index is 12.8. The second-order valence-electron chi connectivity index (χ2n) is 3.69. The van der Waals surface area contributed by atoms with E-state index in [4.69, 9.17) is 9.84 Å². The first-order valence-corrected chi connectivity index (χ1v) is 4.98. The van der Waals surface area contributed by atoms with Crippen molar-refractivity contribution < 1.29 is 19.0 Å². The van der Waals surface area contributed by atoms with Gasteiger partial charge in [0, 0.05) is 5.69 Å². The lowest BCUT2D eigenvalue weighted by molar-refractivity contribution is -0.135. The van der Waals surface area contributed by atoms with E-state index in [9.17, 15) is 9.18 Å². The van der Waals surface area contributed by atoms with Gasteiger partial charge in [0.15, 0.2) is 0 Å². The lowest BCUT2D eigenvalue weighted by atomic mass is 10.1. The fraction of sp³-hybridized carbons (Fsp3) is 0.364. The molecule has 0 aromatic heterocycles. The molecular formula is C11H12FNO3. The highest BCUT2D eigenvalue weighted by Gasteiger charge is 2.27. The van der Waals surface area contributed by atoms with Crippen LogP contribution < -0.4 is 4.90 Å². The molecule has 0 spiro atoms. The van der Waals surface area contributed by atoms with Crippen LogP contribution in [-0.2, 0) is 9.53 Å². The number of carbonyl (C=O) groups is 1. The summed E-state index contributed by atoms with van der Waals surface area (Å²) >= 11 is 0. The van der Waals surface area contributed by atoms with Crippen LogP contribution in [0.25, 0.3) is 0 Å². The fourth-order valence-electron chi connectivity index (χ4n) is 1.61. The van der Waals surface area contributed by atoms with Crippen molar-refractivity contribution >= 4 is 11.7 Å². The van der Waals surface area contributed by atoms with Gasteiger partial charge >= 0.3 is 5.97 Å². The monoisotopic (exact) mass is 225 g/mol. The molecule has 1 fully saturated rings. The zero-order valence-electron chi connectivity index (χ0n) is 8.60. The van der Waals surface area contributed by atoms with E-state index < -0.39 is 5.97 Å². The van der Waals surface area contributed by atoms with E-state index >= 15 is 0 Å². The molecular weight excluding hydrogens is 213 g/mol. The average Bonchev–Trinajstić information content (AvgIpc) is 2.14. The molecule has 0 radical (unpaired) electrons. The summed E-state index contributed by atoms with van der Waals surface area (Å²) in [6.07, 6.45) is 0. The van der Waals surface area contributed by atoms with Gasteiger partial charge in [-0.2, -0.15) is 0 Å². The van der Waals surface area contributed by atoms with Gasteiger partial charge in [-0.3, -0.25) is 4.79 Å². The Morgan fingerprint density at radius 2 is 2.06 bits per heavy atom. The van der Waals surface area contributed by atoms with Gasteiger partial charge in [0.25, 0.3) is 0 Å². The van der Waals surface area contributed by atoms with Crippen molar-refractivity contribution in [1.29, 1.82) is 0 Å². The van der Waals surface area contributed by atoms with Gasteiger partial charge < -0.3 is 14.7 Å². The molecule has 2 rings (SSSR count). The van der Waals surface area contributed by atoms with E-state index in [-0.39, 0.29) is 18.4 Å². The van der Waals surface area contributed by atoms with E-state index in [1.807, 2.05) is 0 Å². The third-order valence-corrected chi connectivity index (χ3v) is 2.53. The smallest absolute Gasteiger partial charge is 0.323 e. The summed E-state index contributed by atoms with van der Waals surface area (Å²) in [4.78, 5) is 12.5. The molecule has 1 saturated heterocycles. The van der Waals surface area contributed by atoms with Crippen LogP contribution >= 0.6 is 0 Å². The third kappa shape index (κ3) is 2.30. The van der Waals surface area contributed by atoms with Crippen LogP contribution in [0.3, 0.4) is 0 Å². The summed E-state index contributed by atoms with van der Waals surface area (Å²) in [5.74, 6) is -1.24. The molecule has 0 amide bonds. The number of anilines is 1. The Balaban J connectivity index is 2.16. The molecule has 1 aliphatic heterocycles. The number of nitrogens with zero attached hydrogens (tertiary/aromatic N) is 1. The zero-order valence-corrected chi connectivity index (χ0v) is 8.60. The van der Waals surface area contributed by atoms with Crippen LogP contribution in [0.5, 0.6) is 0 Å². The molecule has 1 aromatic carbocycles. The van der Waals surface area contributed by atoms with Crippen molar-refractivity contribution in [1.82, 2.24) is 0 Å². The predicted molar refractivity (Wildman–Crippen MR) is 56.0 cm³/mol. The van der Waals surface area contributed by atoms with Crippen molar-refractivity contribution in [3.8, 4) is 0 Å². The highest BCUT2D eigenvalue weighted by Crippen LogP contribution is 2.21. The Kier molecular flexibility index (Phi) is 3.05. The molecule has 0 unspecified atom stereocenters. The molecule has 1 N–H and O–H groups in total. The normalized spacial score (nSPS) is 15.6. The largest absolute Gasteiger partial charge is 0.480 e. The first-order chi connectivity index (χ1) is 7.66. The predicted octanol–water partition coefficient (Wildman–Crippen LogP) is 1.12. The number of aliphatic carboxylic acids is 1. The van der Waals surface area contributed by atoms with Crippen LogP contribution in [0, 0.1) is 5.82 Å². The molecule has 16 heavy (non-hydrogen) atoms. The molecule has 1 aliphatic rings. The van der Waals surface area contributed by atoms with Gasteiger partial charge in [-0.1, -0.05) is 0 Å². The van der Waals surface area contributed by atoms with Gasteiger partial charge in [0.1, 0.15) is 12.4 Å². The summed E-state index contributed by atoms with van der Waals surface area (Å²) < 4.78 is 17.8. The van der Waals surface area contributed by atoms with Crippen molar-refractivity contribution in [3.63, 3.8) is 0 Å². The van der Waals surface area contributed by atoms with Crippen molar-refractivity contribution in [3.05, 3.63) is 30.1 Å². The van der Waals surface area contributed by atoms with Gasteiger partial charge in [0.05, 0.1) is 19.3 Å². The Hall–Kier alpha value is -1.62. The van der Waals surface area contributed by atoms with Crippen LogP contribution in [0.2, 0.25) is 0 Å². The van der Waals surface area contributed by atoms with E-state index in [0.717, 1.165) is 0 Å². The van der Waals surface area contributed by atoms with E-state index in [1.165, 1.54) is 12.1 Å². The summed E-state index contributed by atoms with van der Waals surface area (Å²) in [6.45, 7) is 0.939. The van der Waals surface area contributed by atoms with E-state index in [1.54, 1.807) is 17.0 Å². The second-order valence-corrected chi connectivity index (χ2v) is 3.69. The average molecular weight is 225 g/mol. The van der Waals surface area contributed by atoms with Crippen molar-refractivity contribution in [2.75, 3.05) is 24.7 Å². The molecule has 4 nitrogen and oxygen atoms in total. The van der Waals surface area contributed by atoms with Crippen molar-refractivity contribution in [2.24, 2.45) is 0 Å². The van der Waals surface area contributed by atoms with Crippen LogP contribution in [0.1, 0.15) is 0 Å². The standard InChI is InChI=1S/C11H12FNO3/c12-8-1-3-9(4-2-8)13(5-11(14)15)10-6-16-7-10/h1-4,10H,5-7H2,(H,14,15). The molecule has 1 heterocycles. The Morgan fingerprint density at radius 1 is 1.44 bits per heavy atom. The maximum atomic E-state index is 12.8. The van der Waals surface area contributed by atoms with Gasteiger partial charge in [-0.25, -0.2) is 4.39 Å². The third-order valence-electron chi connectivity index (χ3n) is 2.53. The van der Waals surface area contributed by atoms with Crippen molar-refractivity contribution in [2.45, 2.75) is 6.04 Å². The minimum absolute atomic E-state index is 0.0709. The Bertz CT molecular complexity index is 375. The number of hydrogen-bond acceptors (Lipinski definition) is 3. The van der Waals surface area contributed by atoms with Gasteiger partial charge in [-0.15, -0.1) is 0 Å². The topological polar surface area (TPSA) is 49.8 Å². The van der Waals surface area contributed by atoms with Gasteiger partial charge in [-0.05, 0) is 24.3 Å². The van der Waals surface area contributed by atoms with Crippen LogP contribution in [0.4, 0.5) is 10.1 Å². The number of carboxylic acid groups (broad SMARTS) is 1. The molecule has 0 aliphatic carbocycles. The summed E-state index contributed by atoms with van der Waals surface area (Å²) in [7, 11) is 0. The lowest BCUT2D eigenvalue weighted by Crippen LogP contribution is -2.51. The number of carboxylic acids is 1. The van der Waals surface area contributed by atoms with Gasteiger partial charge in [0.2, 0.25) is 0 Å². The first kappa shape index (κ1) is 10.9. The molecule has 1 aromatic rings. The minimum Gasteiger partial charge on any atom is -0.480 e. The van der Waals surface area contributed by atoms with E-state index in [0.29, 0.717) is 18.9 Å². The number of halogens is 1. The number of benzene rings is 1. The fourth-order valence-corrected chi connectivity index (χ4v) is 1.61. The minimum atomic E-state index is -0.906. The SMILES string of the molecule is O=C(O)CN(c1ccc(F)cc1)C1COC1. The highest BCUT2D eigenvalue weighted by molar-refractivity contribution is 5.74. The Labute approximate surface area is 92.2 Å². The van der Waals surface area contributed by atoms with Crippen LogP contribution in [0.15, 0.2) is 24.3 Å². The number of ether oxygens (including phenoxy) is 1. The zero-order chi connectivity index (χ0) is 11.5. The number of rotatable bonds is 4. The molecule has 5 heteroatoms. The summed E-state index contributed by atoms with van der Waals surface area (Å²) in [6, 6.07) is 5.88. The lowest BCUT2D eigenvalue weighted by Gasteiger charge is -2.37. The maximum Gasteiger partial charge on any atom is 0.323 e. The van der Waals surface area contributed by atoms with Crippen LogP contribution in [-0.4, -0.2) is 36.9 Å². The Morgan fingerprint density at radius 3 is 2.50 bits per heavy atom. The highest BCUT2D eigenvalue weighted by atomic mass is 19.1. The molecule has 0 bridgehead atoms. The quantitative estimate of drug-likeness (QED) is 0.834. The summed E-state index contributed by atoms with van der Waals surface area (Å²) in [5, 5.41) is 8.81. The van der Waals surface area contributed by atoms with E-state index in [2.05, 4.69) is 0 Å². The second kappa shape index (κ2) is 4.49. The number of hydrogen-bond donors (Lipinski definition) is 1. The first-order valence-electron chi connectivity index (χ1n) is 4.98. The molecule has 0 saturated carbocycles. The molecule has 86 valence electrons.